The molecule has 0 radical (unpaired) electrons. The minimum Gasteiger partial charge on any atom is -0.492 e. The Balaban J connectivity index is 1.76. The minimum atomic E-state index is 0.0611. The summed E-state index contributed by atoms with van der Waals surface area (Å²) in [5.41, 5.74) is 0.783. The van der Waals surface area contributed by atoms with Gasteiger partial charge in [0, 0.05) is 12.1 Å². The van der Waals surface area contributed by atoms with E-state index in [9.17, 15) is 4.79 Å². The van der Waals surface area contributed by atoms with Gasteiger partial charge in [-0.3, -0.25) is 0 Å². The number of carbonyl (C=O) groups is 1. The quantitative estimate of drug-likeness (QED) is 0.757. The molecule has 1 aromatic carbocycles. The number of benzene rings is 1. The average Bonchev–Trinajstić information content (AvgIpc) is 2.65. The summed E-state index contributed by atoms with van der Waals surface area (Å²) in [7, 11) is 0. The molecule has 0 saturated heterocycles. The smallest absolute Gasteiger partial charge is 0.322 e. The number of ether oxygens (including phenoxy) is 1. The molecule has 0 atom stereocenters. The highest BCUT2D eigenvalue weighted by atomic mass is 16.5. The number of para-hydroxylation sites is 2. The summed E-state index contributed by atoms with van der Waals surface area (Å²) in [6.07, 6.45) is 12.2. The van der Waals surface area contributed by atoms with Crippen LogP contribution in [0.4, 0.5) is 10.5 Å². The van der Waals surface area contributed by atoms with E-state index >= 15 is 0 Å². The molecule has 2 fully saturated rings. The third-order valence-electron chi connectivity index (χ3n) is 5.60. The molecule has 0 unspecified atom stereocenters. The molecule has 2 aliphatic rings. The molecule has 2 aliphatic carbocycles. The Hall–Kier alpha value is -1.71. The molecule has 1 aromatic rings. The van der Waals surface area contributed by atoms with Crippen LogP contribution in [0.1, 0.15) is 71.1 Å². The minimum absolute atomic E-state index is 0.0611. The van der Waals surface area contributed by atoms with Gasteiger partial charge < -0.3 is 15.0 Å². The van der Waals surface area contributed by atoms with Crippen molar-refractivity contribution in [2.75, 3.05) is 11.9 Å². The van der Waals surface area contributed by atoms with Gasteiger partial charge in [0.2, 0.25) is 0 Å². The highest BCUT2D eigenvalue weighted by molar-refractivity contribution is 5.91. The van der Waals surface area contributed by atoms with E-state index in [2.05, 4.69) is 10.2 Å². The zero-order valence-corrected chi connectivity index (χ0v) is 15.5. The molecule has 0 aliphatic heterocycles. The van der Waals surface area contributed by atoms with E-state index in [1.807, 2.05) is 31.2 Å². The Morgan fingerprint density at radius 2 is 1.56 bits per heavy atom. The number of hydrogen-bond acceptors (Lipinski definition) is 2. The van der Waals surface area contributed by atoms with Gasteiger partial charge in [0.25, 0.3) is 0 Å². The van der Waals surface area contributed by atoms with Crippen molar-refractivity contribution in [1.29, 1.82) is 0 Å². The second-order valence-electron chi connectivity index (χ2n) is 7.35. The van der Waals surface area contributed by atoms with Crippen molar-refractivity contribution in [3.8, 4) is 5.75 Å². The van der Waals surface area contributed by atoms with Crippen LogP contribution in [-0.4, -0.2) is 29.6 Å². The van der Waals surface area contributed by atoms with Gasteiger partial charge in [-0.15, -0.1) is 0 Å². The van der Waals surface area contributed by atoms with Crippen molar-refractivity contribution in [3.05, 3.63) is 24.3 Å². The molecule has 4 heteroatoms. The molecule has 25 heavy (non-hydrogen) atoms. The fourth-order valence-corrected chi connectivity index (χ4v) is 4.38. The second-order valence-corrected chi connectivity index (χ2v) is 7.35. The standard InChI is InChI=1S/C21H32N2O2/c1-2-25-20-16-10-9-15-19(20)22-21(24)23(17-11-5-3-6-12-17)18-13-7-4-8-14-18/h9-10,15-18H,2-8,11-14H2,1H3,(H,22,24). The molecule has 0 spiro atoms. The van der Waals surface area contributed by atoms with E-state index in [4.69, 9.17) is 4.74 Å². The van der Waals surface area contributed by atoms with E-state index in [-0.39, 0.29) is 6.03 Å². The normalized spacial score (nSPS) is 19.4. The number of hydrogen-bond donors (Lipinski definition) is 1. The summed E-state index contributed by atoms with van der Waals surface area (Å²) in [6.45, 7) is 2.57. The zero-order valence-electron chi connectivity index (χ0n) is 15.5. The first-order valence-corrected chi connectivity index (χ1v) is 10.1. The Bertz CT molecular complexity index is 531. The third-order valence-corrected chi connectivity index (χ3v) is 5.60. The molecular weight excluding hydrogens is 312 g/mol. The van der Waals surface area contributed by atoms with Gasteiger partial charge in [-0.2, -0.15) is 0 Å². The summed E-state index contributed by atoms with van der Waals surface area (Å²) in [5, 5.41) is 3.15. The van der Waals surface area contributed by atoms with Crippen LogP contribution >= 0.6 is 0 Å². The Labute approximate surface area is 151 Å². The van der Waals surface area contributed by atoms with Crippen LogP contribution in [0.25, 0.3) is 0 Å². The van der Waals surface area contributed by atoms with Crippen LogP contribution in [0.5, 0.6) is 5.75 Å². The van der Waals surface area contributed by atoms with Gasteiger partial charge >= 0.3 is 6.03 Å². The van der Waals surface area contributed by atoms with Crippen molar-refractivity contribution in [2.24, 2.45) is 0 Å². The number of nitrogens with one attached hydrogen (secondary N) is 1. The highest BCUT2D eigenvalue weighted by Crippen LogP contribution is 2.32. The van der Waals surface area contributed by atoms with Crippen LogP contribution < -0.4 is 10.1 Å². The zero-order chi connectivity index (χ0) is 17.5. The predicted octanol–water partition coefficient (Wildman–Crippen LogP) is 5.58. The average molecular weight is 344 g/mol. The van der Waals surface area contributed by atoms with Crippen molar-refractivity contribution in [3.63, 3.8) is 0 Å². The number of nitrogens with zero attached hydrogens (tertiary/aromatic N) is 1. The van der Waals surface area contributed by atoms with Crippen molar-refractivity contribution >= 4 is 11.7 Å². The third kappa shape index (κ3) is 4.68. The SMILES string of the molecule is CCOc1ccccc1NC(=O)N(C1CCCCC1)C1CCCCC1. The molecule has 0 heterocycles. The summed E-state index contributed by atoms with van der Waals surface area (Å²) >= 11 is 0. The van der Waals surface area contributed by atoms with E-state index in [0.717, 1.165) is 37.1 Å². The predicted molar refractivity (Wildman–Crippen MR) is 102 cm³/mol. The maximum absolute atomic E-state index is 13.2. The second kappa shape index (κ2) is 9.12. The molecular formula is C21H32N2O2. The maximum atomic E-state index is 13.2. The molecule has 3 rings (SSSR count). The summed E-state index contributed by atoms with van der Waals surface area (Å²) in [5.74, 6) is 0.755. The Morgan fingerprint density at radius 3 is 2.12 bits per heavy atom. The molecule has 0 bridgehead atoms. The molecule has 4 nitrogen and oxygen atoms in total. The Morgan fingerprint density at radius 1 is 1.00 bits per heavy atom. The van der Waals surface area contributed by atoms with Gasteiger partial charge in [0.1, 0.15) is 5.75 Å². The van der Waals surface area contributed by atoms with Crippen LogP contribution in [0.2, 0.25) is 0 Å². The lowest BCUT2D eigenvalue weighted by Crippen LogP contribution is -2.50. The number of rotatable bonds is 5. The highest BCUT2D eigenvalue weighted by Gasteiger charge is 2.32. The van der Waals surface area contributed by atoms with Crippen molar-refractivity contribution < 1.29 is 9.53 Å². The summed E-state index contributed by atoms with van der Waals surface area (Å²) in [4.78, 5) is 15.4. The number of amides is 2. The van der Waals surface area contributed by atoms with E-state index in [0.29, 0.717) is 18.7 Å². The van der Waals surface area contributed by atoms with E-state index < -0.39 is 0 Å². The number of anilines is 1. The van der Waals surface area contributed by atoms with E-state index in [1.165, 1.54) is 38.5 Å². The number of carbonyl (C=O) groups excluding carboxylic acids is 1. The van der Waals surface area contributed by atoms with Gasteiger partial charge in [0.15, 0.2) is 0 Å². The van der Waals surface area contributed by atoms with Crippen LogP contribution in [0, 0.1) is 0 Å². The topological polar surface area (TPSA) is 41.6 Å². The molecule has 138 valence electrons. The first kappa shape index (κ1) is 18.1. The molecule has 2 amide bonds. The molecule has 0 aromatic heterocycles. The largest absolute Gasteiger partial charge is 0.492 e. The van der Waals surface area contributed by atoms with Crippen molar-refractivity contribution in [1.82, 2.24) is 4.90 Å². The van der Waals surface area contributed by atoms with Crippen LogP contribution in [-0.2, 0) is 0 Å². The maximum Gasteiger partial charge on any atom is 0.322 e. The van der Waals surface area contributed by atoms with E-state index in [1.54, 1.807) is 0 Å². The van der Waals surface area contributed by atoms with Gasteiger partial charge in [-0.05, 0) is 44.7 Å². The lowest BCUT2D eigenvalue weighted by Gasteiger charge is -2.41. The summed E-state index contributed by atoms with van der Waals surface area (Å²) in [6, 6.07) is 8.61. The van der Waals surface area contributed by atoms with Crippen molar-refractivity contribution in [2.45, 2.75) is 83.2 Å². The lowest BCUT2D eigenvalue weighted by molar-refractivity contribution is 0.114. The fraction of sp³-hybridized carbons (Fsp3) is 0.667. The monoisotopic (exact) mass is 344 g/mol. The van der Waals surface area contributed by atoms with Gasteiger partial charge in [-0.1, -0.05) is 50.7 Å². The molecule has 1 N–H and O–H groups in total. The fourth-order valence-electron chi connectivity index (χ4n) is 4.38. The Kier molecular flexibility index (Phi) is 6.60. The van der Waals surface area contributed by atoms with Gasteiger partial charge in [-0.25, -0.2) is 4.79 Å². The lowest BCUT2D eigenvalue weighted by atomic mass is 9.89. The summed E-state index contributed by atoms with van der Waals surface area (Å²) < 4.78 is 5.68. The van der Waals surface area contributed by atoms with Gasteiger partial charge in [0.05, 0.1) is 12.3 Å². The van der Waals surface area contributed by atoms with Crippen LogP contribution in [0.15, 0.2) is 24.3 Å². The number of urea groups is 1. The van der Waals surface area contributed by atoms with Crippen LogP contribution in [0.3, 0.4) is 0 Å². The first-order chi connectivity index (χ1) is 12.3. The first-order valence-electron chi connectivity index (χ1n) is 10.1. The molecule has 2 saturated carbocycles.